The SMILES string of the molecule is C=CC(=O)OCCOC(=O)c1ccc(-c2noc(-c3cc(-c4nc(-c5ccc(C(=O)OCCOC(=O)C=C)cc5)no4)cc(-c4nc(-c5ccc(C(=O)OCCOC(=O)C=C)cc5)no4)c3)n2)cc1. The van der Waals surface area contributed by atoms with Crippen molar-refractivity contribution in [2.24, 2.45) is 0 Å². The number of carbonyl (C=O) groups excluding carboxylic acids is 6. The van der Waals surface area contributed by atoms with E-state index < -0.39 is 35.8 Å². The minimum absolute atomic E-state index is 0.0628. The zero-order chi connectivity index (χ0) is 48.7. The minimum Gasteiger partial charge on any atom is -0.459 e. The third kappa shape index (κ3) is 12.4. The fourth-order valence-corrected chi connectivity index (χ4v) is 5.89. The fourth-order valence-electron chi connectivity index (χ4n) is 5.89. The second-order valence-corrected chi connectivity index (χ2v) is 13.8. The van der Waals surface area contributed by atoms with Gasteiger partial charge in [0.25, 0.3) is 17.7 Å². The third-order valence-corrected chi connectivity index (χ3v) is 9.27. The van der Waals surface area contributed by atoms with Gasteiger partial charge >= 0.3 is 35.8 Å². The van der Waals surface area contributed by atoms with E-state index in [4.69, 9.17) is 42.0 Å². The summed E-state index contributed by atoms with van der Waals surface area (Å²) in [5.41, 5.74) is 3.32. The van der Waals surface area contributed by atoms with E-state index in [0.717, 1.165) is 18.2 Å². The summed E-state index contributed by atoms with van der Waals surface area (Å²) >= 11 is 0. The van der Waals surface area contributed by atoms with Gasteiger partial charge in [-0.3, -0.25) is 0 Å². The highest BCUT2D eigenvalue weighted by Gasteiger charge is 2.21. The van der Waals surface area contributed by atoms with Crippen molar-refractivity contribution in [2.75, 3.05) is 39.6 Å². The van der Waals surface area contributed by atoms with Crippen LogP contribution in [0.1, 0.15) is 31.1 Å². The largest absolute Gasteiger partial charge is 0.459 e. The smallest absolute Gasteiger partial charge is 0.338 e. The highest BCUT2D eigenvalue weighted by molar-refractivity contribution is 5.91. The maximum Gasteiger partial charge on any atom is 0.338 e. The van der Waals surface area contributed by atoms with Gasteiger partial charge in [-0.2, -0.15) is 15.0 Å². The normalized spacial score (nSPS) is 10.6. The number of rotatable bonds is 21. The molecule has 7 rings (SSSR count). The number of ether oxygens (including phenoxy) is 6. The first-order valence-electron chi connectivity index (χ1n) is 20.4. The van der Waals surface area contributed by atoms with Crippen LogP contribution in [0.15, 0.2) is 143 Å². The van der Waals surface area contributed by atoms with Crippen molar-refractivity contribution in [3.8, 4) is 68.5 Å². The van der Waals surface area contributed by atoms with E-state index in [1.165, 1.54) is 36.4 Å². The first-order valence-corrected chi connectivity index (χ1v) is 20.4. The van der Waals surface area contributed by atoms with E-state index >= 15 is 0 Å². The summed E-state index contributed by atoms with van der Waals surface area (Å²) in [5.74, 6) is -3.09. The Kier molecular flexibility index (Phi) is 15.4. The lowest BCUT2D eigenvalue weighted by molar-refractivity contribution is -0.139. The molecule has 21 nitrogen and oxygen atoms in total. The topological polar surface area (TPSA) is 275 Å². The average molecular weight is 937 g/mol. The van der Waals surface area contributed by atoms with Crippen molar-refractivity contribution in [1.29, 1.82) is 0 Å². The number of hydrogen-bond donors (Lipinski definition) is 0. The van der Waals surface area contributed by atoms with E-state index in [2.05, 4.69) is 50.2 Å². The molecule has 0 fully saturated rings. The maximum atomic E-state index is 12.5. The predicted molar refractivity (Wildman–Crippen MR) is 237 cm³/mol. The molecular formula is C48H36N6O15. The molecule has 3 aromatic heterocycles. The molecule has 0 spiro atoms. The van der Waals surface area contributed by atoms with Crippen LogP contribution < -0.4 is 0 Å². The Balaban J connectivity index is 1.12. The molecule has 0 bridgehead atoms. The van der Waals surface area contributed by atoms with Gasteiger partial charge in [0.2, 0.25) is 17.5 Å². The van der Waals surface area contributed by atoms with Crippen LogP contribution >= 0.6 is 0 Å². The molecule has 0 radical (unpaired) electrons. The summed E-state index contributed by atoms with van der Waals surface area (Å²) in [5, 5.41) is 12.4. The van der Waals surface area contributed by atoms with Crippen LogP contribution in [0, 0.1) is 0 Å². The zero-order valence-electron chi connectivity index (χ0n) is 36.1. The number of hydrogen-bond acceptors (Lipinski definition) is 21. The summed E-state index contributed by atoms with van der Waals surface area (Å²) in [7, 11) is 0. The lowest BCUT2D eigenvalue weighted by Crippen LogP contribution is -2.12. The van der Waals surface area contributed by atoms with Crippen LogP contribution in [0.3, 0.4) is 0 Å². The Bertz CT molecular complexity index is 2690. The Hall–Kier alpha value is -9.66. The van der Waals surface area contributed by atoms with E-state index in [9.17, 15) is 28.8 Å². The lowest BCUT2D eigenvalue weighted by Gasteiger charge is -2.05. The summed E-state index contributed by atoms with van der Waals surface area (Å²) in [6, 6.07) is 23.7. The molecule has 0 saturated carbocycles. The Labute approximate surface area is 389 Å². The van der Waals surface area contributed by atoms with Crippen LogP contribution in [0.2, 0.25) is 0 Å². The van der Waals surface area contributed by atoms with Crippen molar-refractivity contribution in [2.45, 2.75) is 0 Å². The minimum atomic E-state index is -0.638. The molecule has 0 saturated heterocycles. The number of aromatic nitrogens is 6. The summed E-state index contributed by atoms with van der Waals surface area (Å²) < 4.78 is 47.0. The quantitative estimate of drug-likeness (QED) is 0.0322. The number of benzene rings is 4. The van der Waals surface area contributed by atoms with Gasteiger partial charge in [0, 0.05) is 51.6 Å². The van der Waals surface area contributed by atoms with Gasteiger partial charge in [-0.25, -0.2) is 28.8 Å². The van der Waals surface area contributed by atoms with Gasteiger partial charge < -0.3 is 42.0 Å². The summed E-state index contributed by atoms with van der Waals surface area (Å²) in [6.07, 6.45) is 3.01. The first-order chi connectivity index (χ1) is 33.5. The zero-order valence-corrected chi connectivity index (χ0v) is 36.1. The molecule has 0 aliphatic carbocycles. The number of carbonyl (C=O) groups is 6. The van der Waals surface area contributed by atoms with Gasteiger partial charge in [-0.15, -0.1) is 0 Å². The van der Waals surface area contributed by atoms with Gasteiger partial charge in [0.1, 0.15) is 39.6 Å². The van der Waals surface area contributed by atoms with E-state index in [-0.39, 0.29) is 91.5 Å². The molecule has 0 aliphatic heterocycles. The second-order valence-electron chi connectivity index (χ2n) is 13.8. The second kappa shape index (κ2) is 22.5. The summed E-state index contributed by atoms with van der Waals surface area (Å²) in [6.45, 7) is 9.07. The standard InChI is InChI=1S/C48H36N6O15/c1-4-37(55)61-19-22-64-46(58)31-13-7-28(8-14-31)40-49-43(67-52-40)34-25-35(44-50-41(53-68-44)29-9-15-32(16-10-29)47(59)65-23-20-62-38(56)5-2)27-36(26-34)45-51-42(54-69-45)30-11-17-33(18-12-30)48(60)66-24-21-63-39(57)6-3/h4-18,25-27H,1-3,19-24H2. The number of nitrogens with zero attached hydrogens (tertiary/aromatic N) is 6. The van der Waals surface area contributed by atoms with Crippen LogP contribution in [0.5, 0.6) is 0 Å². The summed E-state index contributed by atoms with van der Waals surface area (Å²) in [4.78, 5) is 85.1. The Morgan fingerprint density at radius 3 is 0.870 bits per heavy atom. The van der Waals surface area contributed by atoms with E-state index in [1.807, 2.05) is 0 Å². The highest BCUT2D eigenvalue weighted by Crippen LogP contribution is 2.34. The molecule has 0 amide bonds. The lowest BCUT2D eigenvalue weighted by atomic mass is 10.0. The Morgan fingerprint density at radius 2 is 0.623 bits per heavy atom. The average Bonchev–Trinajstić information content (AvgIpc) is 4.21. The van der Waals surface area contributed by atoms with Gasteiger partial charge in [0.05, 0.1) is 16.7 Å². The van der Waals surface area contributed by atoms with Crippen LogP contribution in [-0.4, -0.2) is 106 Å². The monoisotopic (exact) mass is 936 g/mol. The van der Waals surface area contributed by atoms with Crippen molar-refractivity contribution in [1.82, 2.24) is 30.4 Å². The van der Waals surface area contributed by atoms with Gasteiger partial charge in [-0.1, -0.05) is 71.6 Å². The van der Waals surface area contributed by atoms with Gasteiger partial charge in [-0.05, 0) is 54.6 Å². The van der Waals surface area contributed by atoms with Crippen molar-refractivity contribution < 1.29 is 70.8 Å². The first kappa shape index (κ1) is 47.3. The molecule has 0 unspecified atom stereocenters. The van der Waals surface area contributed by atoms with Crippen LogP contribution in [-0.2, 0) is 42.8 Å². The Morgan fingerprint density at radius 1 is 0.377 bits per heavy atom. The highest BCUT2D eigenvalue weighted by atomic mass is 16.6. The molecule has 0 atom stereocenters. The molecule has 21 heteroatoms. The molecule has 69 heavy (non-hydrogen) atoms. The van der Waals surface area contributed by atoms with Crippen molar-refractivity contribution >= 4 is 35.8 Å². The predicted octanol–water partition coefficient (Wildman–Crippen LogP) is 6.50. The molecule has 4 aromatic carbocycles. The third-order valence-electron chi connectivity index (χ3n) is 9.27. The molecule has 7 aromatic rings. The van der Waals surface area contributed by atoms with E-state index in [0.29, 0.717) is 33.4 Å². The maximum absolute atomic E-state index is 12.5. The van der Waals surface area contributed by atoms with Crippen molar-refractivity contribution in [3.05, 3.63) is 146 Å². The molecule has 0 aliphatic rings. The van der Waals surface area contributed by atoms with E-state index in [1.54, 1.807) is 54.6 Å². The fraction of sp³-hybridized carbons (Fsp3) is 0.125. The van der Waals surface area contributed by atoms with Crippen LogP contribution in [0.4, 0.5) is 0 Å². The number of esters is 6. The molecular weight excluding hydrogens is 901 g/mol. The molecule has 0 N–H and O–H groups in total. The van der Waals surface area contributed by atoms with Crippen LogP contribution in [0.25, 0.3) is 68.5 Å². The molecule has 3 heterocycles. The van der Waals surface area contributed by atoms with Crippen molar-refractivity contribution in [3.63, 3.8) is 0 Å². The van der Waals surface area contributed by atoms with Gasteiger partial charge in [0.15, 0.2) is 0 Å². The molecule has 348 valence electrons.